The molecule has 1 saturated heterocycles. The monoisotopic (exact) mass is 507 g/mol. The first-order valence-electron chi connectivity index (χ1n) is 11.5. The van der Waals surface area contributed by atoms with Crippen molar-refractivity contribution in [2.24, 2.45) is 5.73 Å². The van der Waals surface area contributed by atoms with Gasteiger partial charge in [-0.3, -0.25) is 14.5 Å². The molecule has 1 fully saturated rings. The zero-order valence-electron chi connectivity index (χ0n) is 19.0. The lowest BCUT2D eigenvalue weighted by Gasteiger charge is -2.21. The second kappa shape index (κ2) is 10.5. The fraction of sp³-hybridized carbons (Fsp3) is 0.280. The second-order valence-corrected chi connectivity index (χ2v) is 10.1. The number of carbonyl (C=O) groups excluding carboxylic acids is 2. The molecule has 10 heteroatoms. The maximum absolute atomic E-state index is 12.9. The van der Waals surface area contributed by atoms with Crippen LogP contribution in [0, 0.1) is 0 Å². The van der Waals surface area contributed by atoms with Gasteiger partial charge in [-0.05, 0) is 37.3 Å². The zero-order valence-corrected chi connectivity index (χ0v) is 20.6. The van der Waals surface area contributed by atoms with E-state index < -0.39 is 0 Å². The quantitative estimate of drug-likeness (QED) is 0.327. The van der Waals surface area contributed by atoms with Crippen molar-refractivity contribution in [2.45, 2.75) is 25.3 Å². The third-order valence-electron chi connectivity index (χ3n) is 6.04. The minimum absolute atomic E-state index is 0.120. The summed E-state index contributed by atoms with van der Waals surface area (Å²) >= 11 is 2.86. The maximum atomic E-state index is 12.9. The van der Waals surface area contributed by atoms with Crippen LogP contribution in [0.1, 0.15) is 28.9 Å². The van der Waals surface area contributed by atoms with E-state index in [1.165, 1.54) is 22.7 Å². The molecule has 8 nitrogen and oxygen atoms in total. The molecule has 5 rings (SSSR count). The van der Waals surface area contributed by atoms with Gasteiger partial charge >= 0.3 is 0 Å². The summed E-state index contributed by atoms with van der Waals surface area (Å²) in [5.74, 6) is 0.202. The Morgan fingerprint density at radius 1 is 1.17 bits per heavy atom. The van der Waals surface area contributed by atoms with Crippen molar-refractivity contribution in [3.05, 3.63) is 58.1 Å². The minimum atomic E-state index is -0.265. The summed E-state index contributed by atoms with van der Waals surface area (Å²) in [6.07, 6.45) is 2.56. The number of amides is 2. The molecule has 1 aromatic carbocycles. The molecule has 4 heterocycles. The van der Waals surface area contributed by atoms with Crippen LogP contribution in [-0.2, 0) is 4.79 Å². The number of hydrogen-bond acceptors (Lipinski definition) is 8. The summed E-state index contributed by atoms with van der Waals surface area (Å²) in [6.45, 7) is 2.14. The molecule has 0 saturated carbocycles. The molecule has 4 aromatic rings. The van der Waals surface area contributed by atoms with Crippen LogP contribution >= 0.6 is 22.7 Å². The number of hydrogen-bond donors (Lipinski definition) is 2. The van der Waals surface area contributed by atoms with Gasteiger partial charge in [0, 0.05) is 35.7 Å². The fourth-order valence-corrected chi connectivity index (χ4v) is 6.00. The van der Waals surface area contributed by atoms with Gasteiger partial charge < -0.3 is 15.6 Å². The highest BCUT2D eigenvalue weighted by molar-refractivity contribution is 7.15. The van der Waals surface area contributed by atoms with E-state index in [0.717, 1.165) is 54.2 Å². The van der Waals surface area contributed by atoms with Crippen molar-refractivity contribution in [1.82, 2.24) is 20.4 Å². The second-order valence-electron chi connectivity index (χ2n) is 8.35. The van der Waals surface area contributed by atoms with E-state index in [4.69, 9.17) is 15.2 Å². The largest absolute Gasteiger partial charge is 0.368 e. The van der Waals surface area contributed by atoms with Gasteiger partial charge in [0.15, 0.2) is 5.76 Å². The van der Waals surface area contributed by atoms with Crippen molar-refractivity contribution >= 4 is 34.5 Å². The Kier molecular flexibility index (Phi) is 7.03. The summed E-state index contributed by atoms with van der Waals surface area (Å²) in [4.78, 5) is 31.8. The van der Waals surface area contributed by atoms with Crippen LogP contribution in [0.25, 0.3) is 33.3 Å². The summed E-state index contributed by atoms with van der Waals surface area (Å²) in [5.41, 5.74) is 8.70. The molecule has 180 valence electrons. The number of likely N-dealkylation sites (tertiary alicyclic amines) is 1. The van der Waals surface area contributed by atoms with E-state index in [1.807, 2.05) is 53.2 Å². The first-order valence-corrected chi connectivity index (χ1v) is 13.2. The van der Waals surface area contributed by atoms with Gasteiger partial charge in [0.05, 0.1) is 6.04 Å². The molecule has 1 aliphatic heterocycles. The summed E-state index contributed by atoms with van der Waals surface area (Å²) in [7, 11) is 0. The van der Waals surface area contributed by atoms with Gasteiger partial charge in [0.2, 0.25) is 5.91 Å². The van der Waals surface area contributed by atoms with Gasteiger partial charge in [-0.15, -0.1) is 22.7 Å². The van der Waals surface area contributed by atoms with E-state index in [1.54, 1.807) is 0 Å². The molecule has 0 spiro atoms. The number of thiophene rings is 1. The predicted molar refractivity (Wildman–Crippen MR) is 137 cm³/mol. The number of aromatic nitrogens is 2. The number of carbonyl (C=O) groups is 2. The van der Waals surface area contributed by atoms with Crippen molar-refractivity contribution in [3.8, 4) is 33.3 Å². The Morgan fingerprint density at radius 3 is 2.86 bits per heavy atom. The van der Waals surface area contributed by atoms with Crippen LogP contribution in [0.5, 0.6) is 0 Å². The van der Waals surface area contributed by atoms with Crippen LogP contribution < -0.4 is 11.1 Å². The van der Waals surface area contributed by atoms with Crippen LogP contribution in [0.2, 0.25) is 0 Å². The Labute approximate surface area is 210 Å². The lowest BCUT2D eigenvalue weighted by atomic mass is 10.1. The molecular weight excluding hydrogens is 482 g/mol. The van der Waals surface area contributed by atoms with E-state index in [0.29, 0.717) is 22.9 Å². The minimum Gasteiger partial charge on any atom is -0.368 e. The molecule has 1 aliphatic rings. The number of nitrogens with zero attached hydrogens (tertiary/aromatic N) is 3. The molecule has 2 amide bonds. The smallest absolute Gasteiger partial charge is 0.262 e. The average Bonchev–Trinajstić information content (AvgIpc) is 3.68. The van der Waals surface area contributed by atoms with E-state index in [2.05, 4.69) is 15.4 Å². The van der Waals surface area contributed by atoms with Crippen molar-refractivity contribution in [3.63, 3.8) is 0 Å². The zero-order chi connectivity index (χ0) is 24.2. The Hall–Kier alpha value is -3.34. The molecule has 3 N–H and O–H groups in total. The van der Waals surface area contributed by atoms with Crippen LogP contribution in [-0.4, -0.2) is 52.5 Å². The van der Waals surface area contributed by atoms with E-state index in [-0.39, 0.29) is 17.9 Å². The van der Waals surface area contributed by atoms with Crippen LogP contribution in [0.3, 0.4) is 0 Å². The van der Waals surface area contributed by atoms with Gasteiger partial charge in [-0.2, -0.15) is 0 Å². The van der Waals surface area contributed by atoms with Crippen molar-refractivity contribution in [1.29, 1.82) is 0 Å². The fourth-order valence-electron chi connectivity index (χ4n) is 4.29. The number of thiazole rings is 1. The molecule has 0 bridgehead atoms. The van der Waals surface area contributed by atoms with Crippen molar-refractivity contribution in [2.75, 3.05) is 19.6 Å². The molecule has 1 atom stereocenters. The van der Waals surface area contributed by atoms with Crippen molar-refractivity contribution < 1.29 is 14.1 Å². The summed E-state index contributed by atoms with van der Waals surface area (Å²) < 4.78 is 5.53. The SMILES string of the molecule is NC(=O)[C@@H]1CCCN1CCCNC(=O)c1sccc1-c1nc(-c2cc(-c3ccccc3)no2)cs1. The normalized spacial score (nSPS) is 15.9. The van der Waals surface area contributed by atoms with Crippen LogP contribution in [0.4, 0.5) is 0 Å². The van der Waals surface area contributed by atoms with E-state index in [9.17, 15) is 9.59 Å². The number of nitrogens with one attached hydrogen (secondary N) is 1. The Morgan fingerprint density at radius 2 is 2.03 bits per heavy atom. The number of nitrogens with two attached hydrogens (primary N) is 1. The number of benzene rings is 1. The first kappa shape index (κ1) is 23.4. The van der Waals surface area contributed by atoms with E-state index >= 15 is 0 Å². The summed E-state index contributed by atoms with van der Waals surface area (Å²) in [6, 6.07) is 13.4. The highest BCUT2D eigenvalue weighted by atomic mass is 32.1. The first-order chi connectivity index (χ1) is 17.1. The molecular formula is C25H25N5O3S2. The molecule has 0 unspecified atom stereocenters. The Bertz CT molecular complexity index is 1310. The topological polar surface area (TPSA) is 114 Å². The van der Waals surface area contributed by atoms with Gasteiger partial charge in [-0.1, -0.05) is 35.5 Å². The summed E-state index contributed by atoms with van der Waals surface area (Å²) in [5, 5.41) is 11.7. The molecule has 0 aliphatic carbocycles. The third-order valence-corrected chi connectivity index (χ3v) is 7.83. The maximum Gasteiger partial charge on any atom is 0.262 e. The van der Waals surface area contributed by atoms with Gasteiger partial charge in [0.25, 0.3) is 5.91 Å². The molecule has 3 aromatic heterocycles. The highest BCUT2D eigenvalue weighted by Gasteiger charge is 2.28. The van der Waals surface area contributed by atoms with Gasteiger partial charge in [-0.25, -0.2) is 4.98 Å². The number of primary amides is 1. The number of rotatable bonds is 9. The predicted octanol–water partition coefficient (Wildman–Crippen LogP) is 4.26. The standard InChI is InChI=1S/C25H25N5O3S2/c26-23(31)20-8-4-11-30(20)12-5-10-27-24(32)22-17(9-13-34-22)25-28-19(15-35-25)21-14-18(29-33-21)16-6-2-1-3-7-16/h1-3,6-7,9,13-15,20H,4-5,8,10-12H2,(H2,26,31)(H,27,32)/t20-/m0/s1. The third kappa shape index (κ3) is 5.19. The molecule has 0 radical (unpaired) electrons. The Balaban J connectivity index is 1.21. The lowest BCUT2D eigenvalue weighted by Crippen LogP contribution is -2.41. The highest BCUT2D eigenvalue weighted by Crippen LogP contribution is 2.34. The lowest BCUT2D eigenvalue weighted by molar-refractivity contribution is -0.122. The average molecular weight is 508 g/mol. The van der Waals surface area contributed by atoms with Gasteiger partial charge in [0.1, 0.15) is 21.3 Å². The molecule has 35 heavy (non-hydrogen) atoms. The van der Waals surface area contributed by atoms with Crippen LogP contribution in [0.15, 0.2) is 57.7 Å².